The van der Waals surface area contributed by atoms with Gasteiger partial charge in [0.1, 0.15) is 6.61 Å². The Kier molecular flexibility index (Phi) is 6.72. The zero-order valence-corrected chi connectivity index (χ0v) is 10.8. The molecule has 16 heavy (non-hydrogen) atoms. The van der Waals surface area contributed by atoms with Gasteiger partial charge in [0.05, 0.1) is 12.6 Å². The lowest BCUT2D eigenvalue weighted by atomic mass is 10.4. The van der Waals surface area contributed by atoms with Gasteiger partial charge in [-0.3, -0.25) is 9.59 Å². The van der Waals surface area contributed by atoms with Gasteiger partial charge in [-0.25, -0.2) is 0 Å². The predicted molar refractivity (Wildman–Crippen MR) is 62.0 cm³/mol. The van der Waals surface area contributed by atoms with Gasteiger partial charge in [0.25, 0.3) is 0 Å². The molecule has 0 bridgehead atoms. The highest BCUT2D eigenvalue weighted by atomic mass is 16.5. The Morgan fingerprint density at radius 2 is 1.75 bits per heavy atom. The topological polar surface area (TPSA) is 49.9 Å². The van der Waals surface area contributed by atoms with Crippen molar-refractivity contribution in [2.45, 2.75) is 26.9 Å². The molecule has 5 heteroatoms. The normalized spacial score (nSPS) is 10.4. The van der Waals surface area contributed by atoms with E-state index in [1.807, 2.05) is 20.8 Å². The highest BCUT2D eigenvalue weighted by molar-refractivity contribution is 5.85. The van der Waals surface area contributed by atoms with Gasteiger partial charge < -0.3 is 14.5 Å². The van der Waals surface area contributed by atoms with Crippen molar-refractivity contribution in [3.63, 3.8) is 0 Å². The maximum absolute atomic E-state index is 11.7. The van der Waals surface area contributed by atoms with Gasteiger partial charge in [0, 0.05) is 20.6 Å². The van der Waals surface area contributed by atoms with E-state index in [2.05, 4.69) is 0 Å². The average molecular weight is 230 g/mol. The zero-order chi connectivity index (χ0) is 12.7. The number of rotatable bonds is 6. The van der Waals surface area contributed by atoms with Gasteiger partial charge in [-0.1, -0.05) is 0 Å². The van der Waals surface area contributed by atoms with Gasteiger partial charge in [0.2, 0.25) is 11.8 Å². The highest BCUT2D eigenvalue weighted by Gasteiger charge is 2.16. The fourth-order valence-electron chi connectivity index (χ4n) is 1.01. The van der Waals surface area contributed by atoms with Crippen LogP contribution in [0.4, 0.5) is 0 Å². The van der Waals surface area contributed by atoms with Crippen LogP contribution in [0, 0.1) is 0 Å². The van der Waals surface area contributed by atoms with E-state index in [1.165, 1.54) is 9.80 Å². The lowest BCUT2D eigenvalue weighted by molar-refractivity contribution is -0.143. The Balaban J connectivity index is 4.17. The van der Waals surface area contributed by atoms with Gasteiger partial charge >= 0.3 is 0 Å². The molecule has 0 fully saturated rings. The molecular weight excluding hydrogens is 208 g/mol. The van der Waals surface area contributed by atoms with Crippen LogP contribution in [-0.4, -0.2) is 61.5 Å². The number of carbonyl (C=O) groups excluding carboxylic acids is 2. The van der Waals surface area contributed by atoms with Crippen molar-refractivity contribution in [2.75, 3.05) is 33.8 Å². The Hall–Kier alpha value is -1.10. The summed E-state index contributed by atoms with van der Waals surface area (Å²) in [5, 5.41) is 0. The number of ether oxygens (including phenoxy) is 1. The highest BCUT2D eigenvalue weighted by Crippen LogP contribution is 1.95. The van der Waals surface area contributed by atoms with E-state index in [0.29, 0.717) is 6.54 Å². The summed E-state index contributed by atoms with van der Waals surface area (Å²) in [6, 6.07) is 0. The molecule has 0 N–H and O–H groups in total. The SMILES string of the molecule is CCN(CC(=O)N(C)C)C(=O)COC(C)C. The van der Waals surface area contributed by atoms with Crippen molar-refractivity contribution in [1.29, 1.82) is 0 Å². The lowest BCUT2D eigenvalue weighted by Gasteiger charge is -2.22. The number of amides is 2. The van der Waals surface area contributed by atoms with Crippen molar-refractivity contribution < 1.29 is 14.3 Å². The van der Waals surface area contributed by atoms with Crippen molar-refractivity contribution >= 4 is 11.8 Å². The maximum Gasteiger partial charge on any atom is 0.249 e. The van der Waals surface area contributed by atoms with Crippen LogP contribution in [0.2, 0.25) is 0 Å². The molecule has 0 aromatic carbocycles. The van der Waals surface area contributed by atoms with Gasteiger partial charge in [-0.2, -0.15) is 0 Å². The second-order valence-corrected chi connectivity index (χ2v) is 4.06. The molecule has 0 aliphatic carbocycles. The minimum Gasteiger partial charge on any atom is -0.369 e. The summed E-state index contributed by atoms with van der Waals surface area (Å²) < 4.78 is 5.21. The van der Waals surface area contributed by atoms with E-state index < -0.39 is 0 Å². The third-order valence-corrected chi connectivity index (χ3v) is 2.10. The summed E-state index contributed by atoms with van der Waals surface area (Å²) in [5.41, 5.74) is 0. The molecule has 0 spiro atoms. The number of hydrogen-bond acceptors (Lipinski definition) is 3. The molecule has 0 saturated carbocycles. The Morgan fingerprint density at radius 3 is 2.12 bits per heavy atom. The van der Waals surface area contributed by atoms with Crippen LogP contribution in [-0.2, 0) is 14.3 Å². The van der Waals surface area contributed by atoms with Gasteiger partial charge in [-0.15, -0.1) is 0 Å². The first kappa shape index (κ1) is 14.9. The van der Waals surface area contributed by atoms with E-state index in [9.17, 15) is 9.59 Å². The van der Waals surface area contributed by atoms with E-state index in [4.69, 9.17) is 4.74 Å². The molecule has 0 aliphatic heterocycles. The van der Waals surface area contributed by atoms with Crippen molar-refractivity contribution in [1.82, 2.24) is 9.80 Å². The molecule has 0 aliphatic rings. The number of nitrogens with zero attached hydrogens (tertiary/aromatic N) is 2. The lowest BCUT2D eigenvalue weighted by Crippen LogP contribution is -2.42. The van der Waals surface area contributed by atoms with Crippen LogP contribution in [0.25, 0.3) is 0 Å². The molecule has 94 valence electrons. The molecule has 0 aromatic rings. The van der Waals surface area contributed by atoms with Crippen molar-refractivity contribution in [3.05, 3.63) is 0 Å². The molecule has 0 rings (SSSR count). The number of hydrogen-bond donors (Lipinski definition) is 0. The standard InChI is InChI=1S/C11H22N2O3/c1-6-13(7-10(14)12(4)5)11(15)8-16-9(2)3/h9H,6-8H2,1-5H3. The van der Waals surface area contributed by atoms with Crippen molar-refractivity contribution in [3.8, 4) is 0 Å². The summed E-state index contributed by atoms with van der Waals surface area (Å²) in [4.78, 5) is 26.1. The van der Waals surface area contributed by atoms with Crippen LogP contribution in [0.5, 0.6) is 0 Å². The summed E-state index contributed by atoms with van der Waals surface area (Å²) in [5.74, 6) is -0.230. The first-order valence-electron chi connectivity index (χ1n) is 5.48. The molecule has 0 radical (unpaired) electrons. The van der Waals surface area contributed by atoms with E-state index in [-0.39, 0.29) is 31.1 Å². The Morgan fingerprint density at radius 1 is 1.19 bits per heavy atom. The summed E-state index contributed by atoms with van der Waals surface area (Å²) >= 11 is 0. The van der Waals surface area contributed by atoms with Crippen LogP contribution >= 0.6 is 0 Å². The molecule has 0 unspecified atom stereocenters. The summed E-state index contributed by atoms with van der Waals surface area (Å²) in [6.07, 6.45) is 0.0206. The third-order valence-electron chi connectivity index (χ3n) is 2.10. The molecule has 2 amide bonds. The van der Waals surface area contributed by atoms with Crippen LogP contribution in [0.1, 0.15) is 20.8 Å². The zero-order valence-electron chi connectivity index (χ0n) is 10.8. The van der Waals surface area contributed by atoms with E-state index in [1.54, 1.807) is 14.1 Å². The number of likely N-dealkylation sites (N-methyl/N-ethyl adjacent to an activating group) is 2. The maximum atomic E-state index is 11.7. The van der Waals surface area contributed by atoms with Crippen molar-refractivity contribution in [2.24, 2.45) is 0 Å². The first-order valence-corrected chi connectivity index (χ1v) is 5.48. The Bertz CT molecular complexity index is 239. The quantitative estimate of drug-likeness (QED) is 0.661. The minimum atomic E-state index is -0.147. The van der Waals surface area contributed by atoms with Gasteiger partial charge in [-0.05, 0) is 20.8 Å². The van der Waals surface area contributed by atoms with Crippen LogP contribution in [0.3, 0.4) is 0 Å². The molecule has 0 aromatic heterocycles. The molecule has 0 saturated heterocycles. The second kappa shape index (κ2) is 7.22. The predicted octanol–water partition coefficient (Wildman–Crippen LogP) is 0.348. The van der Waals surface area contributed by atoms with Crippen LogP contribution in [0.15, 0.2) is 0 Å². The second-order valence-electron chi connectivity index (χ2n) is 4.06. The fraction of sp³-hybridized carbons (Fsp3) is 0.818. The average Bonchev–Trinajstić information content (AvgIpc) is 2.21. The molecular formula is C11H22N2O3. The monoisotopic (exact) mass is 230 g/mol. The Labute approximate surface area is 97.3 Å². The van der Waals surface area contributed by atoms with Crippen LogP contribution < -0.4 is 0 Å². The molecule has 0 heterocycles. The van der Waals surface area contributed by atoms with E-state index >= 15 is 0 Å². The summed E-state index contributed by atoms with van der Waals surface area (Å²) in [6.45, 7) is 6.25. The summed E-state index contributed by atoms with van der Waals surface area (Å²) in [7, 11) is 3.34. The third kappa shape index (κ3) is 5.70. The largest absolute Gasteiger partial charge is 0.369 e. The fourth-order valence-corrected chi connectivity index (χ4v) is 1.01. The van der Waals surface area contributed by atoms with E-state index in [0.717, 1.165) is 0 Å². The first-order chi connectivity index (χ1) is 7.38. The molecule has 0 atom stereocenters. The van der Waals surface area contributed by atoms with Gasteiger partial charge in [0.15, 0.2) is 0 Å². The minimum absolute atomic E-state index is 0.0206. The smallest absolute Gasteiger partial charge is 0.249 e. The molecule has 5 nitrogen and oxygen atoms in total. The number of carbonyl (C=O) groups is 2.